The van der Waals surface area contributed by atoms with Gasteiger partial charge in [-0.1, -0.05) is 25.0 Å². The molecule has 98 valence electrons. The third kappa shape index (κ3) is 2.98. The Balaban J connectivity index is 0.000000111. The normalized spacial score (nSPS) is 28.7. The van der Waals surface area contributed by atoms with Crippen LogP contribution in [0.1, 0.15) is 25.7 Å². The Hall–Kier alpha value is -0.320. The Kier molecular flexibility index (Phi) is 4.39. The van der Waals surface area contributed by atoms with E-state index in [-0.39, 0.29) is 0 Å². The third-order valence-corrected chi connectivity index (χ3v) is 6.00. The zero-order valence-electron chi connectivity index (χ0n) is 10.5. The minimum atomic E-state index is 0.878. The van der Waals surface area contributed by atoms with Gasteiger partial charge in [-0.15, -0.1) is 23.5 Å². The number of nitrogens with one attached hydrogen (secondary N) is 2. The number of thioether (sulfide) groups is 2. The maximum Gasteiger partial charge on any atom is 0.0658 e. The van der Waals surface area contributed by atoms with Crippen LogP contribution in [0.3, 0.4) is 0 Å². The van der Waals surface area contributed by atoms with Crippen LogP contribution >= 0.6 is 23.5 Å². The van der Waals surface area contributed by atoms with E-state index in [0.29, 0.717) is 0 Å². The molecule has 1 aliphatic carbocycles. The van der Waals surface area contributed by atoms with Crippen molar-refractivity contribution in [2.75, 3.05) is 17.1 Å². The molecule has 2 atom stereocenters. The van der Waals surface area contributed by atoms with Crippen LogP contribution in [-0.4, -0.2) is 23.0 Å². The van der Waals surface area contributed by atoms with Crippen molar-refractivity contribution in [3.8, 4) is 0 Å². The smallest absolute Gasteiger partial charge is 0.0658 e. The highest BCUT2D eigenvalue weighted by atomic mass is 32.2. The van der Waals surface area contributed by atoms with E-state index in [1.165, 1.54) is 42.1 Å². The molecule has 4 heteroatoms. The van der Waals surface area contributed by atoms with Crippen LogP contribution in [0.2, 0.25) is 0 Å². The zero-order valence-corrected chi connectivity index (χ0v) is 12.2. The Morgan fingerprint density at radius 1 is 1.06 bits per heavy atom. The Morgan fingerprint density at radius 2 is 1.94 bits per heavy atom. The number of fused-ring (bicyclic) bond motifs is 2. The zero-order chi connectivity index (χ0) is 12.2. The minimum Gasteiger partial charge on any atom is -0.375 e. The molecular weight excluding hydrogens is 260 g/mol. The lowest BCUT2D eigenvalue weighted by atomic mass is 9.95. The topological polar surface area (TPSA) is 24.1 Å². The number of anilines is 1. The summed E-state index contributed by atoms with van der Waals surface area (Å²) < 4.78 is 0. The van der Waals surface area contributed by atoms with Crippen molar-refractivity contribution < 1.29 is 0 Å². The summed E-state index contributed by atoms with van der Waals surface area (Å²) in [6, 6.07) is 9.25. The van der Waals surface area contributed by atoms with Crippen LogP contribution in [-0.2, 0) is 0 Å². The van der Waals surface area contributed by atoms with Crippen molar-refractivity contribution in [3.63, 3.8) is 0 Å². The van der Waals surface area contributed by atoms with E-state index in [0.717, 1.165) is 17.2 Å². The molecular formula is C14H20N2S2. The van der Waals surface area contributed by atoms with Gasteiger partial charge < -0.3 is 10.6 Å². The van der Waals surface area contributed by atoms with E-state index in [2.05, 4.69) is 46.7 Å². The molecule has 2 N–H and O–H groups in total. The summed E-state index contributed by atoms with van der Waals surface area (Å²) >= 11 is 3.97. The Bertz CT molecular complexity index is 362. The molecule has 0 aromatic heterocycles. The van der Waals surface area contributed by atoms with Crippen LogP contribution in [0.15, 0.2) is 29.2 Å². The van der Waals surface area contributed by atoms with Gasteiger partial charge in [0.2, 0.25) is 0 Å². The molecule has 1 saturated heterocycles. The molecule has 4 rings (SSSR count). The lowest BCUT2D eigenvalue weighted by molar-refractivity contribution is 0.419. The largest absolute Gasteiger partial charge is 0.375 e. The molecule has 3 aliphatic rings. The number of rotatable bonds is 0. The molecule has 0 amide bonds. The number of hydrogen-bond acceptors (Lipinski definition) is 4. The first-order valence-corrected chi connectivity index (χ1v) is 8.77. The molecule has 2 fully saturated rings. The van der Waals surface area contributed by atoms with Crippen molar-refractivity contribution in [2.24, 2.45) is 0 Å². The summed E-state index contributed by atoms with van der Waals surface area (Å²) in [5.74, 6) is 2.23. The summed E-state index contributed by atoms with van der Waals surface area (Å²) in [6.45, 7) is 0. The van der Waals surface area contributed by atoms with Crippen LogP contribution in [0.4, 0.5) is 5.69 Å². The van der Waals surface area contributed by atoms with E-state index in [1.807, 2.05) is 11.8 Å². The van der Waals surface area contributed by atoms with E-state index >= 15 is 0 Å². The van der Waals surface area contributed by atoms with E-state index < -0.39 is 0 Å². The minimum absolute atomic E-state index is 0.878. The van der Waals surface area contributed by atoms with Gasteiger partial charge in [0.05, 0.1) is 5.88 Å². The first-order valence-electron chi connectivity index (χ1n) is 6.74. The fraction of sp³-hybridized carbons (Fsp3) is 0.571. The quantitative estimate of drug-likeness (QED) is 0.756. The summed E-state index contributed by atoms with van der Waals surface area (Å²) in [5, 5.41) is 7.76. The molecule has 2 aliphatic heterocycles. The molecule has 2 unspecified atom stereocenters. The van der Waals surface area contributed by atoms with Crippen molar-refractivity contribution in [1.82, 2.24) is 5.32 Å². The fourth-order valence-corrected chi connectivity index (χ4v) is 4.90. The van der Waals surface area contributed by atoms with Crippen LogP contribution in [0.25, 0.3) is 0 Å². The van der Waals surface area contributed by atoms with Gasteiger partial charge in [-0.05, 0) is 25.0 Å². The van der Waals surface area contributed by atoms with E-state index in [4.69, 9.17) is 0 Å². The van der Waals surface area contributed by atoms with Gasteiger partial charge in [-0.2, -0.15) is 0 Å². The van der Waals surface area contributed by atoms with E-state index in [1.54, 1.807) is 0 Å². The molecule has 1 aromatic rings. The van der Waals surface area contributed by atoms with Crippen LogP contribution < -0.4 is 10.6 Å². The lowest BCUT2D eigenvalue weighted by Gasteiger charge is -2.23. The average molecular weight is 280 g/mol. The maximum absolute atomic E-state index is 3.52. The highest BCUT2D eigenvalue weighted by Gasteiger charge is 2.29. The van der Waals surface area contributed by atoms with Crippen LogP contribution in [0.5, 0.6) is 0 Å². The molecule has 0 spiro atoms. The van der Waals surface area contributed by atoms with Crippen molar-refractivity contribution >= 4 is 29.2 Å². The van der Waals surface area contributed by atoms with Gasteiger partial charge in [0.15, 0.2) is 0 Å². The van der Waals surface area contributed by atoms with Crippen LogP contribution in [0, 0.1) is 0 Å². The summed E-state index contributed by atoms with van der Waals surface area (Å²) in [7, 11) is 0. The van der Waals surface area contributed by atoms with E-state index in [9.17, 15) is 0 Å². The summed E-state index contributed by atoms with van der Waals surface area (Å²) in [5.41, 5.74) is 1.28. The summed E-state index contributed by atoms with van der Waals surface area (Å²) in [6.07, 6.45) is 5.81. The number of hydrogen-bond donors (Lipinski definition) is 2. The second kappa shape index (κ2) is 6.22. The second-order valence-corrected chi connectivity index (χ2v) is 7.15. The molecule has 2 heterocycles. The van der Waals surface area contributed by atoms with Gasteiger partial charge in [0.25, 0.3) is 0 Å². The highest BCUT2D eigenvalue weighted by Crippen LogP contribution is 2.33. The monoisotopic (exact) mass is 280 g/mol. The van der Waals surface area contributed by atoms with Gasteiger partial charge in [0, 0.05) is 27.8 Å². The summed E-state index contributed by atoms with van der Waals surface area (Å²) in [4.78, 5) is 1.37. The average Bonchev–Trinajstić information content (AvgIpc) is 3.08. The Labute approximate surface area is 118 Å². The van der Waals surface area contributed by atoms with Gasteiger partial charge in [0.1, 0.15) is 0 Å². The standard InChI is InChI=1S/C7H13NS.C7H7NS/c2*1-2-4-7-6(3-1)8-5-9-7/h6-8H,1-5H2;1-4,8H,5H2. The number of benzene rings is 1. The van der Waals surface area contributed by atoms with Crippen molar-refractivity contribution in [2.45, 2.75) is 41.9 Å². The first kappa shape index (κ1) is 12.7. The molecule has 1 saturated carbocycles. The first-order chi connectivity index (χ1) is 8.93. The molecule has 0 radical (unpaired) electrons. The second-order valence-electron chi connectivity index (χ2n) is 4.91. The molecule has 18 heavy (non-hydrogen) atoms. The van der Waals surface area contributed by atoms with Gasteiger partial charge in [-0.3, -0.25) is 0 Å². The van der Waals surface area contributed by atoms with Gasteiger partial charge in [-0.25, -0.2) is 0 Å². The fourth-order valence-electron chi connectivity index (χ4n) is 2.72. The Morgan fingerprint density at radius 3 is 2.83 bits per heavy atom. The third-order valence-electron chi connectivity index (χ3n) is 3.72. The van der Waals surface area contributed by atoms with Crippen molar-refractivity contribution in [1.29, 1.82) is 0 Å². The predicted octanol–water partition coefficient (Wildman–Crippen LogP) is 3.75. The maximum atomic E-state index is 3.52. The SMILES string of the molecule is C1CCC2SCNC2C1.c1ccc2c(c1)NCS2. The highest BCUT2D eigenvalue weighted by molar-refractivity contribution is 8.00. The molecule has 0 bridgehead atoms. The lowest BCUT2D eigenvalue weighted by Crippen LogP contribution is -2.32. The molecule has 2 nitrogen and oxygen atoms in total. The predicted molar refractivity (Wildman–Crippen MR) is 82.4 cm³/mol. The number of para-hydroxylation sites is 1. The van der Waals surface area contributed by atoms with Gasteiger partial charge >= 0.3 is 0 Å². The van der Waals surface area contributed by atoms with Crippen molar-refractivity contribution in [3.05, 3.63) is 24.3 Å². The molecule has 1 aromatic carbocycles.